The molecule has 2 rings (SSSR count). The van der Waals surface area contributed by atoms with Gasteiger partial charge in [-0.3, -0.25) is 9.59 Å². The number of carboxylic acids is 1. The van der Waals surface area contributed by atoms with Gasteiger partial charge in [0.15, 0.2) is 0 Å². The maximum atomic E-state index is 11.9. The molecule has 0 saturated heterocycles. The first kappa shape index (κ1) is 13.7. The molecule has 0 aromatic heterocycles. The molecule has 1 saturated carbocycles. The molecule has 2 N–H and O–H groups in total. The third-order valence-corrected chi connectivity index (χ3v) is 3.51. The lowest BCUT2D eigenvalue weighted by molar-refractivity contribution is -0.149. The van der Waals surface area contributed by atoms with E-state index in [1.807, 2.05) is 0 Å². The fourth-order valence-electron chi connectivity index (χ4n) is 1.89. The Morgan fingerprint density at radius 1 is 1.47 bits per heavy atom. The number of halogens is 1. The van der Waals surface area contributed by atoms with Crippen LogP contribution < -0.4 is 10.1 Å². The maximum absolute atomic E-state index is 11.9. The molecule has 1 amide bonds. The Morgan fingerprint density at radius 3 is 2.68 bits per heavy atom. The largest absolute Gasteiger partial charge is 0.496 e. The number of amides is 1. The molecule has 1 aliphatic carbocycles. The molecule has 0 unspecified atom stereocenters. The molecule has 1 aromatic carbocycles. The minimum absolute atomic E-state index is 0.192. The van der Waals surface area contributed by atoms with Gasteiger partial charge < -0.3 is 15.2 Å². The van der Waals surface area contributed by atoms with Gasteiger partial charge in [-0.2, -0.15) is 0 Å². The molecule has 19 heavy (non-hydrogen) atoms. The summed E-state index contributed by atoms with van der Waals surface area (Å²) in [5.74, 6) is -0.921. The lowest BCUT2D eigenvalue weighted by atomic mass is 10.1. The first-order valence-electron chi connectivity index (χ1n) is 5.84. The number of aliphatic carboxylic acids is 1. The number of carboxylic acid groups (broad SMARTS) is 1. The van der Waals surface area contributed by atoms with Crippen molar-refractivity contribution < 1.29 is 19.4 Å². The second-order valence-electron chi connectivity index (χ2n) is 4.53. The predicted octanol–water partition coefficient (Wildman–Crippen LogP) is 1.83. The fourth-order valence-corrected chi connectivity index (χ4v) is 2.09. The van der Waals surface area contributed by atoms with E-state index in [4.69, 9.17) is 21.4 Å². The summed E-state index contributed by atoms with van der Waals surface area (Å²) >= 11 is 5.88. The summed E-state index contributed by atoms with van der Waals surface area (Å²) < 4.78 is 5.16. The van der Waals surface area contributed by atoms with Gasteiger partial charge in [-0.15, -0.1) is 0 Å². The smallest absolute Gasteiger partial charge is 0.319 e. The van der Waals surface area contributed by atoms with Crippen LogP contribution in [0.5, 0.6) is 5.75 Å². The van der Waals surface area contributed by atoms with Crippen molar-refractivity contribution >= 4 is 23.5 Å². The highest BCUT2D eigenvalue weighted by Gasteiger charge is 2.56. The summed E-state index contributed by atoms with van der Waals surface area (Å²) in [5, 5.41) is 12.2. The Morgan fingerprint density at radius 2 is 2.16 bits per heavy atom. The Balaban J connectivity index is 2.05. The number of carbonyl (C=O) groups excluding carboxylic acids is 1. The second-order valence-corrected chi connectivity index (χ2v) is 4.96. The van der Waals surface area contributed by atoms with Crippen molar-refractivity contribution in [2.45, 2.75) is 19.4 Å². The molecule has 1 aromatic rings. The topological polar surface area (TPSA) is 75.6 Å². The van der Waals surface area contributed by atoms with Crippen LogP contribution in [0.3, 0.4) is 0 Å². The van der Waals surface area contributed by atoms with Gasteiger partial charge in [0, 0.05) is 17.1 Å². The van der Waals surface area contributed by atoms with Crippen molar-refractivity contribution in [3.63, 3.8) is 0 Å². The normalized spacial score (nSPS) is 15.7. The van der Waals surface area contributed by atoms with Crippen LogP contribution in [0.15, 0.2) is 18.2 Å². The van der Waals surface area contributed by atoms with Gasteiger partial charge in [-0.1, -0.05) is 11.6 Å². The first-order chi connectivity index (χ1) is 8.99. The van der Waals surface area contributed by atoms with E-state index in [2.05, 4.69) is 5.32 Å². The van der Waals surface area contributed by atoms with Crippen LogP contribution in [0.4, 0.5) is 0 Å². The number of methoxy groups -OCH3 is 1. The Hall–Kier alpha value is -1.75. The van der Waals surface area contributed by atoms with Crippen LogP contribution in [-0.4, -0.2) is 24.1 Å². The highest BCUT2D eigenvalue weighted by molar-refractivity contribution is 6.30. The zero-order chi connectivity index (χ0) is 14.0. The summed E-state index contributed by atoms with van der Waals surface area (Å²) in [4.78, 5) is 22.9. The molecule has 1 aliphatic rings. The summed E-state index contributed by atoms with van der Waals surface area (Å²) in [6, 6.07) is 5.07. The molecule has 0 bridgehead atoms. The van der Waals surface area contributed by atoms with E-state index in [0.29, 0.717) is 29.2 Å². The quantitative estimate of drug-likeness (QED) is 0.809. The maximum Gasteiger partial charge on any atom is 0.319 e. The number of nitrogens with one attached hydrogen (secondary N) is 1. The Labute approximate surface area is 115 Å². The molecule has 0 heterocycles. The SMILES string of the molecule is COc1ccc(Cl)cc1CNC(=O)C1(C(=O)O)CC1. The molecule has 5 nitrogen and oxygen atoms in total. The standard InChI is InChI=1S/C13H14ClNO4/c1-19-10-3-2-9(14)6-8(10)7-15-11(16)13(4-5-13)12(17)18/h2-3,6H,4-5,7H2,1H3,(H,15,16)(H,17,18). The number of hydrogen-bond donors (Lipinski definition) is 2. The molecule has 0 aliphatic heterocycles. The Bertz CT molecular complexity index is 525. The van der Waals surface area contributed by atoms with E-state index in [0.717, 1.165) is 0 Å². The van der Waals surface area contributed by atoms with Crippen molar-refractivity contribution in [2.24, 2.45) is 5.41 Å². The van der Waals surface area contributed by atoms with Gasteiger partial charge in [0.05, 0.1) is 7.11 Å². The summed E-state index contributed by atoms with van der Waals surface area (Å²) in [5.41, 5.74) is -0.518. The zero-order valence-electron chi connectivity index (χ0n) is 10.4. The molecule has 1 fully saturated rings. The van der Waals surface area contributed by atoms with Gasteiger partial charge in [0.2, 0.25) is 5.91 Å². The van der Waals surface area contributed by atoms with Crippen molar-refractivity contribution in [1.82, 2.24) is 5.32 Å². The monoisotopic (exact) mass is 283 g/mol. The molecular formula is C13H14ClNO4. The zero-order valence-corrected chi connectivity index (χ0v) is 11.2. The van der Waals surface area contributed by atoms with Gasteiger partial charge >= 0.3 is 5.97 Å². The lowest BCUT2D eigenvalue weighted by Gasteiger charge is -2.13. The van der Waals surface area contributed by atoms with Crippen LogP contribution in [0.2, 0.25) is 5.02 Å². The van der Waals surface area contributed by atoms with Gasteiger partial charge in [0.1, 0.15) is 11.2 Å². The number of rotatable bonds is 5. The van der Waals surface area contributed by atoms with Crippen LogP contribution in [0, 0.1) is 5.41 Å². The number of carbonyl (C=O) groups is 2. The molecule has 6 heteroatoms. The van der Waals surface area contributed by atoms with Gasteiger partial charge in [-0.05, 0) is 31.0 Å². The minimum Gasteiger partial charge on any atom is -0.496 e. The van der Waals surface area contributed by atoms with E-state index in [1.165, 1.54) is 7.11 Å². The molecule has 0 radical (unpaired) electrons. The molecule has 0 atom stereocenters. The fraction of sp³-hybridized carbons (Fsp3) is 0.385. The summed E-state index contributed by atoms with van der Waals surface area (Å²) in [6.45, 7) is 0.192. The van der Waals surface area contributed by atoms with Gasteiger partial charge in [-0.25, -0.2) is 0 Å². The Kier molecular flexibility index (Phi) is 3.66. The van der Waals surface area contributed by atoms with Crippen LogP contribution in [-0.2, 0) is 16.1 Å². The summed E-state index contributed by atoms with van der Waals surface area (Å²) in [6.07, 6.45) is 0.779. The van der Waals surface area contributed by atoms with E-state index in [-0.39, 0.29) is 6.54 Å². The minimum atomic E-state index is -1.23. The average Bonchev–Trinajstić information content (AvgIpc) is 3.17. The lowest BCUT2D eigenvalue weighted by Crippen LogP contribution is -2.36. The van der Waals surface area contributed by atoms with Gasteiger partial charge in [0.25, 0.3) is 0 Å². The third kappa shape index (κ3) is 2.66. The molecule has 102 valence electrons. The third-order valence-electron chi connectivity index (χ3n) is 3.28. The average molecular weight is 284 g/mol. The van der Waals surface area contributed by atoms with E-state index in [9.17, 15) is 9.59 Å². The number of ether oxygens (including phenoxy) is 1. The highest BCUT2D eigenvalue weighted by Crippen LogP contribution is 2.46. The van der Waals surface area contributed by atoms with Crippen molar-refractivity contribution in [2.75, 3.05) is 7.11 Å². The predicted molar refractivity (Wildman–Crippen MR) is 69.2 cm³/mol. The number of hydrogen-bond acceptors (Lipinski definition) is 3. The van der Waals surface area contributed by atoms with Crippen molar-refractivity contribution in [3.05, 3.63) is 28.8 Å². The van der Waals surface area contributed by atoms with Crippen LogP contribution in [0.1, 0.15) is 18.4 Å². The van der Waals surface area contributed by atoms with Crippen LogP contribution >= 0.6 is 11.6 Å². The molecular weight excluding hydrogens is 270 g/mol. The summed E-state index contributed by atoms with van der Waals surface area (Å²) in [7, 11) is 1.52. The van der Waals surface area contributed by atoms with E-state index < -0.39 is 17.3 Å². The van der Waals surface area contributed by atoms with E-state index >= 15 is 0 Å². The number of benzene rings is 1. The second kappa shape index (κ2) is 5.09. The molecule has 0 spiro atoms. The highest BCUT2D eigenvalue weighted by atomic mass is 35.5. The van der Waals surface area contributed by atoms with Crippen LogP contribution in [0.25, 0.3) is 0 Å². The van der Waals surface area contributed by atoms with Crippen molar-refractivity contribution in [1.29, 1.82) is 0 Å². The van der Waals surface area contributed by atoms with E-state index in [1.54, 1.807) is 18.2 Å². The first-order valence-corrected chi connectivity index (χ1v) is 6.21. The van der Waals surface area contributed by atoms with Crippen molar-refractivity contribution in [3.8, 4) is 5.75 Å².